The molecule has 0 spiro atoms. The van der Waals surface area contributed by atoms with E-state index in [1.165, 1.54) is 0 Å². The summed E-state index contributed by atoms with van der Waals surface area (Å²) in [5.41, 5.74) is 0. The minimum Gasteiger partial charge on any atom is -0.465 e. The first-order chi connectivity index (χ1) is 15.5. The van der Waals surface area contributed by atoms with Crippen LogP contribution < -0.4 is 0 Å². The van der Waals surface area contributed by atoms with E-state index < -0.39 is 67.3 Å². The van der Waals surface area contributed by atoms with Crippen molar-refractivity contribution >= 4 is 24.0 Å². The molecule has 0 aliphatic heterocycles. The zero-order chi connectivity index (χ0) is 26.6. The quantitative estimate of drug-likeness (QED) is 0.0658. The maximum atomic E-state index is 13.4. The lowest BCUT2D eigenvalue weighted by Gasteiger charge is -2.33. The predicted octanol–water partition coefficient (Wildman–Crippen LogP) is 5.29. The molecular weight excluding hydrogens is 526 g/mol. The van der Waals surface area contributed by atoms with Gasteiger partial charge in [0, 0.05) is 0 Å². The van der Waals surface area contributed by atoms with Gasteiger partial charge in [-0.05, 0) is 19.3 Å². The van der Waals surface area contributed by atoms with Gasteiger partial charge in [-0.15, -0.1) is 4.33 Å². The smallest absolute Gasteiger partial charge is 0.460 e. The van der Waals surface area contributed by atoms with Gasteiger partial charge in [0.15, 0.2) is 0 Å². The van der Waals surface area contributed by atoms with Crippen molar-refractivity contribution < 1.29 is 77.6 Å². The van der Waals surface area contributed by atoms with Gasteiger partial charge in [-0.3, -0.25) is 14.0 Å². The number of carbonyl (C=O) groups is 2. The fourth-order valence-electron chi connectivity index (χ4n) is 2.11. The number of carbonyl (C=O) groups excluding carboxylic acids is 2. The van der Waals surface area contributed by atoms with Gasteiger partial charge in [0.05, 0.1) is 44.8 Å². The summed E-state index contributed by atoms with van der Waals surface area (Å²) in [6.07, 6.45) is -8.86. The number of ether oxygens (including phenoxy) is 2. The zero-order valence-corrected chi connectivity index (χ0v) is 17.8. The molecule has 0 aliphatic rings. The largest absolute Gasteiger partial charge is 0.465 e. The minimum absolute atomic E-state index is 0.0103. The Balaban J connectivity index is 4.82. The normalized spacial score (nSPS) is 14.1. The number of hydrogen-bond donors (Lipinski definition) is 1. The molecule has 0 aromatic heterocycles. The Morgan fingerprint density at radius 1 is 0.824 bits per heavy atom. The second-order valence-corrected chi connectivity index (χ2v) is 7.42. The first-order valence-electron chi connectivity index (χ1n) is 9.27. The van der Waals surface area contributed by atoms with E-state index in [1.54, 1.807) is 0 Å². The monoisotopic (exact) mass is 546 g/mol. The first-order valence-corrected chi connectivity index (χ1v) is 10.1. The van der Waals surface area contributed by atoms with Crippen LogP contribution in [-0.4, -0.2) is 66.3 Å². The maximum absolute atomic E-state index is 13.4. The fraction of sp³-hybridized carbons (Fsp3) is 0.875. The molecule has 0 saturated carbocycles. The van der Waals surface area contributed by atoms with Gasteiger partial charge in [0.1, 0.15) is 5.25 Å². The van der Waals surface area contributed by atoms with E-state index >= 15 is 0 Å². The van der Waals surface area contributed by atoms with Crippen LogP contribution in [0.2, 0.25) is 0 Å². The molecule has 0 saturated heterocycles. The number of alkyl halides is 10. The van der Waals surface area contributed by atoms with E-state index in [0.717, 1.165) is 0 Å². The average molecular weight is 546 g/mol. The number of halogens is 10. The summed E-state index contributed by atoms with van der Waals surface area (Å²) in [6, 6.07) is 0. The van der Waals surface area contributed by atoms with Crippen LogP contribution >= 0.6 is 12.0 Å². The van der Waals surface area contributed by atoms with Crippen molar-refractivity contribution in [3.63, 3.8) is 0 Å². The van der Waals surface area contributed by atoms with Crippen molar-refractivity contribution in [2.45, 2.75) is 67.7 Å². The minimum atomic E-state index is -7.08. The van der Waals surface area contributed by atoms with Crippen LogP contribution in [0.3, 0.4) is 0 Å². The summed E-state index contributed by atoms with van der Waals surface area (Å²) >= 11 is -0.0103. The Hall–Kier alpha value is -1.53. The highest BCUT2D eigenvalue weighted by Crippen LogP contribution is 2.53. The third-order valence-corrected chi connectivity index (χ3v) is 4.69. The lowest BCUT2D eigenvalue weighted by molar-refractivity contribution is -0.432. The number of unbranched alkanes of at least 4 members (excludes halogenated alkanes) is 3. The Labute approximate surface area is 190 Å². The molecule has 0 amide bonds. The number of hydrogen-bond acceptors (Lipinski definition) is 8. The predicted molar refractivity (Wildman–Crippen MR) is 92.7 cm³/mol. The molecule has 202 valence electrons. The Bertz CT molecular complexity index is 634. The molecule has 0 fully saturated rings. The lowest BCUT2D eigenvalue weighted by Crippen LogP contribution is -2.61. The number of esters is 2. The van der Waals surface area contributed by atoms with Crippen LogP contribution in [0.5, 0.6) is 0 Å². The molecule has 18 heteroatoms. The van der Waals surface area contributed by atoms with Gasteiger partial charge in [-0.25, -0.2) is 5.26 Å². The highest BCUT2D eigenvalue weighted by Gasteiger charge is 2.81. The molecule has 7 nitrogen and oxygen atoms in total. The van der Waals surface area contributed by atoms with E-state index in [1.807, 2.05) is 0 Å². The summed E-state index contributed by atoms with van der Waals surface area (Å²) < 4.78 is 140. The summed E-state index contributed by atoms with van der Waals surface area (Å²) in [7, 11) is 0. The molecule has 0 radical (unpaired) electrons. The van der Waals surface area contributed by atoms with Gasteiger partial charge in [-0.2, -0.15) is 39.5 Å². The standard InChI is InChI=1S/C16H20F10O7S/c17-6-3-1-2-4-7-31-12(28)10(34-33-32-29)9-11(27)30-8-5-13(18,19)14(20,21)15(22,23)16(24,25)26/h10,29H,1-9H2. The molecule has 1 unspecified atom stereocenters. The molecular formula is C16H20F10O7S. The van der Waals surface area contributed by atoms with Crippen molar-refractivity contribution in [2.75, 3.05) is 19.9 Å². The lowest BCUT2D eigenvalue weighted by atomic mass is 10.0. The summed E-state index contributed by atoms with van der Waals surface area (Å²) in [4.78, 5) is 23.6. The van der Waals surface area contributed by atoms with E-state index in [2.05, 4.69) is 14.1 Å². The second kappa shape index (κ2) is 14.1. The zero-order valence-electron chi connectivity index (χ0n) is 17.0. The van der Waals surface area contributed by atoms with Crippen molar-refractivity contribution in [1.29, 1.82) is 0 Å². The fourth-order valence-corrected chi connectivity index (χ4v) is 2.59. The third kappa shape index (κ3) is 9.61. The highest BCUT2D eigenvalue weighted by atomic mass is 32.2. The molecule has 0 aromatic carbocycles. The van der Waals surface area contributed by atoms with E-state index in [0.29, 0.717) is 25.7 Å². The molecule has 1 atom stereocenters. The van der Waals surface area contributed by atoms with Crippen LogP contribution in [0.25, 0.3) is 0 Å². The first kappa shape index (κ1) is 32.5. The molecule has 34 heavy (non-hydrogen) atoms. The van der Waals surface area contributed by atoms with E-state index in [9.17, 15) is 53.5 Å². The van der Waals surface area contributed by atoms with Crippen LogP contribution in [0.1, 0.15) is 38.5 Å². The maximum Gasteiger partial charge on any atom is 0.460 e. The average Bonchev–Trinajstić information content (AvgIpc) is 2.72. The Morgan fingerprint density at radius 3 is 1.94 bits per heavy atom. The van der Waals surface area contributed by atoms with Crippen LogP contribution in [0.4, 0.5) is 43.9 Å². The van der Waals surface area contributed by atoms with Crippen molar-refractivity contribution in [3.8, 4) is 0 Å². The number of rotatable bonds is 17. The van der Waals surface area contributed by atoms with E-state index in [-0.39, 0.29) is 18.6 Å². The van der Waals surface area contributed by atoms with Gasteiger partial charge in [0.25, 0.3) is 0 Å². The molecule has 0 bridgehead atoms. The summed E-state index contributed by atoms with van der Waals surface area (Å²) in [5, 5.41) is 9.69. The topological polar surface area (TPSA) is 91.3 Å². The summed E-state index contributed by atoms with van der Waals surface area (Å²) in [6.45, 7) is -2.44. The van der Waals surface area contributed by atoms with Gasteiger partial charge in [0.2, 0.25) is 0 Å². The van der Waals surface area contributed by atoms with Crippen LogP contribution in [0.15, 0.2) is 0 Å². The van der Waals surface area contributed by atoms with E-state index in [4.69, 9.17) is 9.99 Å². The van der Waals surface area contributed by atoms with Gasteiger partial charge in [-0.1, -0.05) is 11.5 Å². The van der Waals surface area contributed by atoms with Gasteiger partial charge < -0.3 is 9.47 Å². The molecule has 1 N–H and O–H groups in total. The molecule has 0 aliphatic carbocycles. The second-order valence-electron chi connectivity index (χ2n) is 6.52. The molecule has 0 heterocycles. The van der Waals surface area contributed by atoms with Crippen LogP contribution in [0, 0.1) is 0 Å². The Morgan fingerprint density at radius 2 is 1.41 bits per heavy atom. The van der Waals surface area contributed by atoms with Crippen molar-refractivity contribution in [2.24, 2.45) is 0 Å². The van der Waals surface area contributed by atoms with Gasteiger partial charge >= 0.3 is 35.9 Å². The highest BCUT2D eigenvalue weighted by molar-refractivity contribution is 7.95. The third-order valence-electron chi connectivity index (χ3n) is 3.96. The Kier molecular flexibility index (Phi) is 13.5. The molecule has 0 rings (SSSR count). The van der Waals surface area contributed by atoms with Crippen molar-refractivity contribution in [3.05, 3.63) is 0 Å². The van der Waals surface area contributed by atoms with Crippen LogP contribution in [-0.2, 0) is 28.4 Å². The SMILES string of the molecule is O=C(CC(SOOO)C(=O)OCCCCCCF)OCCC(F)(F)C(F)(F)C(F)(F)C(F)(F)F. The van der Waals surface area contributed by atoms with Crippen molar-refractivity contribution in [1.82, 2.24) is 0 Å². The summed E-state index contributed by atoms with van der Waals surface area (Å²) in [5.74, 6) is -22.6. The molecule has 0 aromatic rings.